The third kappa shape index (κ3) is 4.88. The van der Waals surface area contributed by atoms with Gasteiger partial charge in [-0.3, -0.25) is 15.1 Å². The number of amides is 1. The summed E-state index contributed by atoms with van der Waals surface area (Å²) < 4.78 is 0. The van der Waals surface area contributed by atoms with Crippen LogP contribution in [0.2, 0.25) is 0 Å². The third-order valence-electron chi connectivity index (χ3n) is 4.37. The van der Waals surface area contributed by atoms with Crippen molar-refractivity contribution >= 4 is 5.91 Å². The number of nitrogens with zero attached hydrogens (tertiary/aromatic N) is 2. The summed E-state index contributed by atoms with van der Waals surface area (Å²) in [7, 11) is 0. The molecule has 0 aliphatic heterocycles. The molecule has 2 atom stereocenters. The van der Waals surface area contributed by atoms with Crippen LogP contribution in [0.25, 0.3) is 0 Å². The predicted molar refractivity (Wildman–Crippen MR) is 97.5 cm³/mol. The lowest BCUT2D eigenvalue weighted by Crippen LogP contribution is -2.51. The van der Waals surface area contributed by atoms with Crippen LogP contribution in [-0.2, 0) is 4.79 Å². The number of aromatic nitrogens is 1. The van der Waals surface area contributed by atoms with Crippen LogP contribution in [-0.4, -0.2) is 23.0 Å². The molecule has 0 fully saturated rings. The summed E-state index contributed by atoms with van der Waals surface area (Å²) in [6.07, 6.45) is 1.73. The van der Waals surface area contributed by atoms with Crippen LogP contribution in [0, 0.1) is 17.2 Å². The molecule has 0 saturated carbocycles. The fraction of sp³-hybridized carbons (Fsp3) is 0.350. The van der Waals surface area contributed by atoms with Crippen LogP contribution >= 0.6 is 0 Å². The summed E-state index contributed by atoms with van der Waals surface area (Å²) in [5.41, 5.74) is 0.987. The second-order valence-corrected chi connectivity index (χ2v) is 6.50. The molecule has 0 aliphatic carbocycles. The Balaban J connectivity index is 2.11. The zero-order chi connectivity index (χ0) is 18.3. The van der Waals surface area contributed by atoms with Crippen molar-refractivity contribution in [1.29, 1.82) is 5.26 Å². The molecule has 1 aromatic heterocycles. The SMILES string of the molecule is CC(C)[C@@](C)(C#N)NC(=O)CN[C@@H](c1ccccc1)c1ccccn1. The first kappa shape index (κ1) is 18.6. The standard InChI is InChI=1S/C20H24N4O/c1-15(2)20(3,14-21)24-18(25)13-23-19(16-9-5-4-6-10-16)17-11-7-8-12-22-17/h4-12,15,19,23H,13H2,1-3H3,(H,24,25)/t19-,20+/m0/s1. The minimum atomic E-state index is -0.883. The van der Waals surface area contributed by atoms with Crippen molar-refractivity contribution in [2.24, 2.45) is 5.92 Å². The Morgan fingerprint density at radius 3 is 2.44 bits per heavy atom. The minimum Gasteiger partial charge on any atom is -0.337 e. The number of hydrogen-bond donors (Lipinski definition) is 2. The van der Waals surface area contributed by atoms with E-state index < -0.39 is 5.54 Å². The maximum atomic E-state index is 12.3. The van der Waals surface area contributed by atoms with Crippen molar-refractivity contribution in [2.75, 3.05) is 6.54 Å². The predicted octanol–water partition coefficient (Wildman–Crippen LogP) is 2.82. The van der Waals surface area contributed by atoms with Gasteiger partial charge in [-0.25, -0.2) is 0 Å². The van der Waals surface area contributed by atoms with Gasteiger partial charge in [0.15, 0.2) is 0 Å². The van der Waals surface area contributed by atoms with E-state index in [-0.39, 0.29) is 24.4 Å². The molecule has 1 heterocycles. The zero-order valence-electron chi connectivity index (χ0n) is 14.9. The number of nitrogens with one attached hydrogen (secondary N) is 2. The van der Waals surface area contributed by atoms with Crippen LogP contribution in [0.4, 0.5) is 0 Å². The highest BCUT2D eigenvalue weighted by Gasteiger charge is 2.30. The Kier molecular flexibility index (Phi) is 6.26. The Morgan fingerprint density at radius 2 is 1.88 bits per heavy atom. The highest BCUT2D eigenvalue weighted by atomic mass is 16.2. The van der Waals surface area contributed by atoms with Gasteiger partial charge in [-0.2, -0.15) is 5.26 Å². The topological polar surface area (TPSA) is 77.8 Å². The maximum absolute atomic E-state index is 12.3. The summed E-state index contributed by atoms with van der Waals surface area (Å²) >= 11 is 0. The summed E-state index contributed by atoms with van der Waals surface area (Å²) in [4.78, 5) is 16.7. The fourth-order valence-electron chi connectivity index (χ4n) is 2.42. The van der Waals surface area contributed by atoms with E-state index in [1.165, 1.54) is 0 Å². The van der Waals surface area contributed by atoms with Crippen LogP contribution in [0.5, 0.6) is 0 Å². The largest absolute Gasteiger partial charge is 0.337 e. The molecule has 1 aromatic carbocycles. The molecular weight excluding hydrogens is 312 g/mol. The van der Waals surface area contributed by atoms with Crippen molar-refractivity contribution in [2.45, 2.75) is 32.4 Å². The quantitative estimate of drug-likeness (QED) is 0.815. The number of carbonyl (C=O) groups is 1. The van der Waals surface area contributed by atoms with Gasteiger partial charge in [0.05, 0.1) is 24.3 Å². The van der Waals surface area contributed by atoms with E-state index in [4.69, 9.17) is 0 Å². The highest BCUT2D eigenvalue weighted by Crippen LogP contribution is 2.20. The van der Waals surface area contributed by atoms with Gasteiger partial charge < -0.3 is 5.32 Å². The zero-order valence-corrected chi connectivity index (χ0v) is 14.9. The lowest BCUT2D eigenvalue weighted by Gasteiger charge is -2.28. The fourth-order valence-corrected chi connectivity index (χ4v) is 2.42. The molecular formula is C20H24N4O. The first-order valence-corrected chi connectivity index (χ1v) is 8.38. The molecule has 5 nitrogen and oxygen atoms in total. The van der Waals surface area contributed by atoms with Crippen LogP contribution in [0.1, 0.15) is 38.1 Å². The van der Waals surface area contributed by atoms with Crippen molar-refractivity contribution in [3.63, 3.8) is 0 Å². The first-order chi connectivity index (χ1) is 12.0. The lowest BCUT2D eigenvalue weighted by molar-refractivity contribution is -0.121. The van der Waals surface area contributed by atoms with E-state index in [2.05, 4.69) is 21.7 Å². The molecule has 130 valence electrons. The van der Waals surface area contributed by atoms with Gasteiger partial charge in [-0.1, -0.05) is 50.2 Å². The molecule has 2 aromatic rings. The minimum absolute atomic E-state index is 0.0159. The molecule has 5 heteroatoms. The van der Waals surface area contributed by atoms with Crippen molar-refractivity contribution in [3.05, 3.63) is 66.0 Å². The average molecular weight is 336 g/mol. The van der Waals surface area contributed by atoms with E-state index in [1.807, 2.05) is 62.4 Å². The van der Waals surface area contributed by atoms with Gasteiger partial charge in [0, 0.05) is 6.20 Å². The molecule has 0 bridgehead atoms. The highest BCUT2D eigenvalue weighted by molar-refractivity contribution is 5.79. The number of carbonyl (C=O) groups excluding carboxylic acids is 1. The lowest BCUT2D eigenvalue weighted by atomic mass is 9.90. The molecule has 2 rings (SSSR count). The number of pyridine rings is 1. The van der Waals surface area contributed by atoms with E-state index in [0.717, 1.165) is 11.3 Å². The van der Waals surface area contributed by atoms with Gasteiger partial charge in [-0.05, 0) is 30.5 Å². The third-order valence-corrected chi connectivity index (χ3v) is 4.37. The maximum Gasteiger partial charge on any atom is 0.235 e. The monoisotopic (exact) mass is 336 g/mol. The Bertz CT molecular complexity index is 685. The van der Waals surface area contributed by atoms with Gasteiger partial charge in [0.25, 0.3) is 0 Å². The molecule has 0 unspecified atom stereocenters. The molecule has 0 aliphatic rings. The molecule has 0 spiro atoms. The smallest absolute Gasteiger partial charge is 0.235 e. The van der Waals surface area contributed by atoms with Crippen LogP contribution < -0.4 is 10.6 Å². The van der Waals surface area contributed by atoms with E-state index in [9.17, 15) is 10.1 Å². The van der Waals surface area contributed by atoms with Crippen molar-refractivity contribution in [3.8, 4) is 6.07 Å². The van der Waals surface area contributed by atoms with E-state index in [1.54, 1.807) is 13.1 Å². The number of benzene rings is 1. The Hall–Kier alpha value is -2.71. The second-order valence-electron chi connectivity index (χ2n) is 6.50. The van der Waals surface area contributed by atoms with Crippen LogP contribution in [0.3, 0.4) is 0 Å². The first-order valence-electron chi connectivity index (χ1n) is 8.38. The molecule has 2 N–H and O–H groups in total. The molecule has 0 radical (unpaired) electrons. The van der Waals surface area contributed by atoms with E-state index >= 15 is 0 Å². The van der Waals surface area contributed by atoms with Gasteiger partial charge >= 0.3 is 0 Å². The Labute approximate surface area is 149 Å². The van der Waals surface area contributed by atoms with E-state index in [0.29, 0.717) is 0 Å². The van der Waals surface area contributed by atoms with Gasteiger partial charge in [0.2, 0.25) is 5.91 Å². The van der Waals surface area contributed by atoms with Crippen LogP contribution in [0.15, 0.2) is 54.7 Å². The average Bonchev–Trinajstić information content (AvgIpc) is 2.63. The number of rotatable bonds is 7. The Morgan fingerprint density at radius 1 is 1.20 bits per heavy atom. The molecule has 0 saturated heterocycles. The molecule has 1 amide bonds. The van der Waals surface area contributed by atoms with Gasteiger partial charge in [-0.15, -0.1) is 0 Å². The normalized spacial score (nSPS) is 14.4. The number of hydrogen-bond acceptors (Lipinski definition) is 4. The van der Waals surface area contributed by atoms with Crippen molar-refractivity contribution in [1.82, 2.24) is 15.6 Å². The summed E-state index contributed by atoms with van der Waals surface area (Å²) in [5, 5.41) is 15.4. The summed E-state index contributed by atoms with van der Waals surface area (Å²) in [6, 6.07) is 17.6. The van der Waals surface area contributed by atoms with Crippen molar-refractivity contribution < 1.29 is 4.79 Å². The number of nitriles is 1. The second kappa shape index (κ2) is 8.41. The summed E-state index contributed by atoms with van der Waals surface area (Å²) in [6.45, 7) is 5.66. The summed E-state index contributed by atoms with van der Waals surface area (Å²) in [5.74, 6) is -0.197. The van der Waals surface area contributed by atoms with Gasteiger partial charge in [0.1, 0.15) is 5.54 Å². The molecule has 25 heavy (non-hydrogen) atoms.